The van der Waals surface area contributed by atoms with Gasteiger partial charge in [-0.2, -0.15) is 0 Å². The topological polar surface area (TPSA) is 29.5 Å². The zero-order chi connectivity index (χ0) is 11.4. The number of ether oxygens (including phenoxy) is 1. The third kappa shape index (κ3) is 2.42. The molecule has 3 nitrogen and oxygen atoms in total. The summed E-state index contributed by atoms with van der Waals surface area (Å²) in [5, 5.41) is 0. The molecule has 0 fully saturated rings. The predicted octanol–water partition coefficient (Wildman–Crippen LogP) is 1.95. The number of esters is 1. The number of nitrogens with zero attached hydrogens (tertiary/aromatic N) is 1. The van der Waals surface area contributed by atoms with Gasteiger partial charge in [0.25, 0.3) is 0 Å². The van der Waals surface area contributed by atoms with E-state index in [0.717, 1.165) is 18.5 Å². The summed E-state index contributed by atoms with van der Waals surface area (Å²) in [4.78, 5) is 13.6. The van der Waals surface area contributed by atoms with Crippen LogP contribution in [-0.4, -0.2) is 24.5 Å². The molecule has 16 heavy (non-hydrogen) atoms. The summed E-state index contributed by atoms with van der Waals surface area (Å²) in [6.45, 7) is 1.24. The van der Waals surface area contributed by atoms with Crippen molar-refractivity contribution in [3.8, 4) is 0 Å². The second kappa shape index (κ2) is 4.84. The van der Waals surface area contributed by atoms with E-state index in [0.29, 0.717) is 12.3 Å². The first kappa shape index (κ1) is 10.7. The van der Waals surface area contributed by atoms with Gasteiger partial charge in [-0.05, 0) is 12.0 Å². The standard InChI is InChI=1S/C13H15NO2/c1-14-9-5-8-12(14)13(15)16-10-11-6-3-2-4-7-11/h2-4,6-8H,5,9-10H2,1H3. The van der Waals surface area contributed by atoms with Gasteiger partial charge in [0.2, 0.25) is 0 Å². The van der Waals surface area contributed by atoms with Crippen molar-refractivity contribution in [1.82, 2.24) is 4.90 Å². The molecule has 1 aliphatic rings. The molecule has 0 spiro atoms. The Bertz CT molecular complexity index is 398. The Morgan fingerprint density at radius 1 is 1.38 bits per heavy atom. The fourth-order valence-corrected chi connectivity index (χ4v) is 1.71. The SMILES string of the molecule is CN1CCC=C1C(=O)OCc1ccccc1. The molecule has 0 N–H and O–H groups in total. The molecule has 0 amide bonds. The van der Waals surface area contributed by atoms with Crippen LogP contribution in [0.2, 0.25) is 0 Å². The normalized spacial score (nSPS) is 14.8. The quantitative estimate of drug-likeness (QED) is 0.725. The number of hydrogen-bond acceptors (Lipinski definition) is 3. The van der Waals surface area contributed by atoms with Crippen LogP contribution < -0.4 is 0 Å². The number of carbonyl (C=O) groups is 1. The minimum absolute atomic E-state index is 0.233. The van der Waals surface area contributed by atoms with Crippen LogP contribution in [0.25, 0.3) is 0 Å². The van der Waals surface area contributed by atoms with Gasteiger partial charge in [-0.15, -0.1) is 0 Å². The minimum Gasteiger partial charge on any atom is -0.456 e. The summed E-state index contributed by atoms with van der Waals surface area (Å²) in [5.74, 6) is -0.233. The molecule has 2 rings (SSSR count). The summed E-state index contributed by atoms with van der Waals surface area (Å²) >= 11 is 0. The van der Waals surface area contributed by atoms with Crippen LogP contribution in [0.1, 0.15) is 12.0 Å². The second-order valence-corrected chi connectivity index (χ2v) is 3.86. The van der Waals surface area contributed by atoms with E-state index in [1.54, 1.807) is 0 Å². The van der Waals surface area contributed by atoms with Crippen molar-refractivity contribution in [2.75, 3.05) is 13.6 Å². The molecule has 84 valence electrons. The van der Waals surface area contributed by atoms with Crippen molar-refractivity contribution < 1.29 is 9.53 Å². The van der Waals surface area contributed by atoms with E-state index in [-0.39, 0.29) is 5.97 Å². The van der Waals surface area contributed by atoms with Crippen LogP contribution in [0.3, 0.4) is 0 Å². The average Bonchev–Trinajstić information content (AvgIpc) is 2.74. The van der Waals surface area contributed by atoms with E-state index in [2.05, 4.69) is 0 Å². The molecular weight excluding hydrogens is 202 g/mol. The highest BCUT2D eigenvalue weighted by Crippen LogP contribution is 2.14. The van der Waals surface area contributed by atoms with Gasteiger partial charge in [0.15, 0.2) is 0 Å². The molecule has 0 saturated heterocycles. The molecule has 1 aromatic rings. The Balaban J connectivity index is 1.89. The maximum atomic E-state index is 11.7. The van der Waals surface area contributed by atoms with Crippen LogP contribution in [0.4, 0.5) is 0 Å². The second-order valence-electron chi connectivity index (χ2n) is 3.86. The van der Waals surface area contributed by atoms with Gasteiger partial charge < -0.3 is 9.64 Å². The predicted molar refractivity (Wildman–Crippen MR) is 61.6 cm³/mol. The number of likely N-dealkylation sites (N-methyl/N-ethyl adjacent to an activating group) is 1. The van der Waals surface area contributed by atoms with Crippen molar-refractivity contribution >= 4 is 5.97 Å². The van der Waals surface area contributed by atoms with Gasteiger partial charge in [0.05, 0.1) is 0 Å². The molecule has 0 unspecified atom stereocenters. The monoisotopic (exact) mass is 217 g/mol. The summed E-state index contributed by atoms with van der Waals surface area (Å²) in [7, 11) is 1.91. The van der Waals surface area contributed by atoms with E-state index in [1.165, 1.54) is 0 Å². The van der Waals surface area contributed by atoms with Crippen LogP contribution in [0.5, 0.6) is 0 Å². The fourth-order valence-electron chi connectivity index (χ4n) is 1.71. The molecule has 0 aliphatic carbocycles. The van der Waals surface area contributed by atoms with E-state index in [1.807, 2.05) is 48.4 Å². The Labute approximate surface area is 95.3 Å². The first-order valence-corrected chi connectivity index (χ1v) is 5.40. The van der Waals surface area contributed by atoms with Crippen molar-refractivity contribution in [1.29, 1.82) is 0 Å². The average molecular weight is 217 g/mol. The summed E-state index contributed by atoms with van der Waals surface area (Å²) in [6, 6.07) is 9.70. The number of carbonyl (C=O) groups excluding carboxylic acids is 1. The lowest BCUT2D eigenvalue weighted by Gasteiger charge is -2.14. The number of benzene rings is 1. The third-order valence-corrected chi connectivity index (χ3v) is 2.64. The van der Waals surface area contributed by atoms with Gasteiger partial charge in [0, 0.05) is 13.6 Å². The summed E-state index contributed by atoms with van der Waals surface area (Å²) in [5.41, 5.74) is 1.69. The largest absolute Gasteiger partial charge is 0.456 e. The van der Waals surface area contributed by atoms with E-state index >= 15 is 0 Å². The molecular formula is C13H15NO2. The first-order valence-electron chi connectivity index (χ1n) is 5.40. The van der Waals surface area contributed by atoms with Crippen molar-refractivity contribution in [2.24, 2.45) is 0 Å². The minimum atomic E-state index is -0.233. The first-order chi connectivity index (χ1) is 7.77. The van der Waals surface area contributed by atoms with E-state index in [9.17, 15) is 4.79 Å². The van der Waals surface area contributed by atoms with Gasteiger partial charge in [-0.25, -0.2) is 4.79 Å². The lowest BCUT2D eigenvalue weighted by Crippen LogP contribution is -2.21. The molecule has 3 heteroatoms. The van der Waals surface area contributed by atoms with Crippen LogP contribution in [0, 0.1) is 0 Å². The molecule has 1 aliphatic heterocycles. The Hall–Kier alpha value is -1.77. The van der Waals surface area contributed by atoms with Gasteiger partial charge in [0.1, 0.15) is 12.3 Å². The smallest absolute Gasteiger partial charge is 0.354 e. The molecule has 0 saturated carbocycles. The Morgan fingerprint density at radius 2 is 2.12 bits per heavy atom. The summed E-state index contributed by atoms with van der Waals surface area (Å²) < 4.78 is 5.23. The Kier molecular flexibility index (Phi) is 3.25. The molecule has 1 aromatic carbocycles. The maximum absolute atomic E-state index is 11.7. The third-order valence-electron chi connectivity index (χ3n) is 2.64. The Morgan fingerprint density at radius 3 is 2.75 bits per heavy atom. The highest BCUT2D eigenvalue weighted by Gasteiger charge is 2.19. The molecule has 1 heterocycles. The zero-order valence-electron chi connectivity index (χ0n) is 9.35. The molecule has 0 radical (unpaired) electrons. The van der Waals surface area contributed by atoms with Crippen molar-refractivity contribution in [3.63, 3.8) is 0 Å². The zero-order valence-corrected chi connectivity index (χ0v) is 9.35. The van der Waals surface area contributed by atoms with E-state index in [4.69, 9.17) is 4.74 Å². The molecule has 0 bridgehead atoms. The lowest BCUT2D eigenvalue weighted by molar-refractivity contribution is -0.141. The van der Waals surface area contributed by atoms with Crippen LogP contribution in [0.15, 0.2) is 42.1 Å². The summed E-state index contributed by atoms with van der Waals surface area (Å²) in [6.07, 6.45) is 2.85. The molecule has 0 atom stereocenters. The highest BCUT2D eigenvalue weighted by atomic mass is 16.5. The van der Waals surface area contributed by atoms with Crippen molar-refractivity contribution in [3.05, 3.63) is 47.7 Å². The fraction of sp³-hybridized carbons (Fsp3) is 0.308. The van der Waals surface area contributed by atoms with Gasteiger partial charge >= 0.3 is 5.97 Å². The van der Waals surface area contributed by atoms with Gasteiger partial charge in [-0.3, -0.25) is 0 Å². The van der Waals surface area contributed by atoms with Crippen molar-refractivity contribution in [2.45, 2.75) is 13.0 Å². The highest BCUT2D eigenvalue weighted by molar-refractivity contribution is 5.88. The lowest BCUT2D eigenvalue weighted by atomic mass is 10.2. The maximum Gasteiger partial charge on any atom is 0.354 e. The van der Waals surface area contributed by atoms with Gasteiger partial charge in [-0.1, -0.05) is 36.4 Å². The molecule has 0 aromatic heterocycles. The number of rotatable bonds is 3. The number of hydrogen-bond donors (Lipinski definition) is 0. The van der Waals surface area contributed by atoms with Crippen LogP contribution >= 0.6 is 0 Å². The van der Waals surface area contributed by atoms with E-state index < -0.39 is 0 Å². The van der Waals surface area contributed by atoms with Crippen LogP contribution in [-0.2, 0) is 16.1 Å².